The number of nitrogens with zero attached hydrogens (tertiary/aromatic N) is 1. The van der Waals surface area contributed by atoms with Gasteiger partial charge in [0.05, 0.1) is 18.1 Å². The molecule has 0 aromatic carbocycles. The number of carbonyl (C=O) groups excluding carboxylic acids is 1. The van der Waals surface area contributed by atoms with Crippen molar-refractivity contribution >= 4 is 23.6 Å². The van der Waals surface area contributed by atoms with Crippen molar-refractivity contribution < 1.29 is 19.8 Å². The zero-order chi connectivity index (χ0) is 18.3. The molecule has 0 saturated carbocycles. The van der Waals surface area contributed by atoms with E-state index in [1.165, 1.54) is 4.90 Å². The first-order valence-electron chi connectivity index (χ1n) is 8.95. The maximum atomic E-state index is 12.3. The van der Waals surface area contributed by atoms with Crippen molar-refractivity contribution in [2.45, 2.75) is 56.5 Å². The summed E-state index contributed by atoms with van der Waals surface area (Å²) < 4.78 is 0. The van der Waals surface area contributed by atoms with Crippen molar-refractivity contribution in [3.05, 3.63) is 10.6 Å². The maximum absolute atomic E-state index is 12.3. The second-order valence-corrected chi connectivity index (χ2v) is 8.63. The van der Waals surface area contributed by atoms with Crippen molar-refractivity contribution in [3.63, 3.8) is 0 Å². The molecule has 3 aliphatic rings. The van der Waals surface area contributed by atoms with Crippen LogP contribution in [0.25, 0.3) is 0 Å². The van der Waals surface area contributed by atoms with E-state index in [1.54, 1.807) is 18.7 Å². The fourth-order valence-electron chi connectivity index (χ4n) is 4.31. The Morgan fingerprint density at radius 1 is 1.52 bits per heavy atom. The number of rotatable bonds is 7. The highest BCUT2D eigenvalue weighted by Crippen LogP contribution is 2.51. The summed E-state index contributed by atoms with van der Waals surface area (Å²) in [7, 11) is 0. The van der Waals surface area contributed by atoms with Gasteiger partial charge in [0.2, 0.25) is 5.91 Å². The maximum Gasteiger partial charge on any atom is 0.353 e. The van der Waals surface area contributed by atoms with E-state index in [4.69, 9.17) is 5.73 Å². The van der Waals surface area contributed by atoms with Crippen LogP contribution in [-0.4, -0.2) is 63.5 Å². The normalized spacial score (nSPS) is 35.8. The van der Waals surface area contributed by atoms with E-state index in [0.29, 0.717) is 17.8 Å². The molecule has 1 amide bonds. The third-order valence-corrected chi connectivity index (χ3v) is 7.05. The largest absolute Gasteiger partial charge is 0.477 e. The van der Waals surface area contributed by atoms with Crippen molar-refractivity contribution in [1.29, 1.82) is 0 Å². The SMILES string of the molecule is C[C@@H](O)[C@H]1C(=O)N2C(C(=O)O)=C(S[C@@H]3CN[C@H](CCCN)C3)[C@H](C)[C@H]12. The standard InChI is InChI=1S/C17H27N3O4S/c1-8-13-12(9(2)21)16(22)20(13)14(17(23)24)15(8)25-11-6-10(19-7-11)4-3-5-18/h8-13,19,21H,3-7,18H2,1-2H3,(H,23,24)/t8-,9-,10-,11+,12-,13-/m1/s1. The minimum atomic E-state index is -1.06. The van der Waals surface area contributed by atoms with E-state index < -0.39 is 18.0 Å². The summed E-state index contributed by atoms with van der Waals surface area (Å²) in [6.07, 6.45) is 2.23. The minimum absolute atomic E-state index is 0.0588. The number of nitrogens with one attached hydrogen (secondary N) is 1. The molecule has 2 saturated heterocycles. The van der Waals surface area contributed by atoms with Gasteiger partial charge in [0.15, 0.2) is 0 Å². The van der Waals surface area contributed by atoms with Crippen LogP contribution in [0.5, 0.6) is 0 Å². The number of nitrogens with two attached hydrogens (primary N) is 1. The van der Waals surface area contributed by atoms with Gasteiger partial charge in [0.1, 0.15) is 5.70 Å². The number of aliphatic hydroxyl groups excluding tert-OH is 1. The number of aliphatic carboxylic acids is 1. The Morgan fingerprint density at radius 3 is 2.84 bits per heavy atom. The summed E-state index contributed by atoms with van der Waals surface area (Å²) in [6.45, 7) is 5.08. The molecule has 3 rings (SSSR count). The number of carboxylic acid groups (broad SMARTS) is 1. The summed E-state index contributed by atoms with van der Waals surface area (Å²) >= 11 is 1.59. The molecule has 6 atom stereocenters. The van der Waals surface area contributed by atoms with Crippen LogP contribution in [0.2, 0.25) is 0 Å². The van der Waals surface area contributed by atoms with Crippen LogP contribution in [0, 0.1) is 11.8 Å². The number of thioether (sulfide) groups is 1. The molecule has 7 nitrogen and oxygen atoms in total. The summed E-state index contributed by atoms with van der Waals surface area (Å²) in [6, 6.07) is 0.194. The first kappa shape index (κ1) is 18.7. The average molecular weight is 369 g/mol. The number of β-lactam (4-membered cyclic amide) rings is 1. The first-order valence-corrected chi connectivity index (χ1v) is 9.83. The number of carbonyl (C=O) groups is 2. The van der Waals surface area contributed by atoms with Gasteiger partial charge < -0.3 is 26.2 Å². The topological polar surface area (TPSA) is 116 Å². The lowest BCUT2D eigenvalue weighted by Crippen LogP contribution is -2.63. The van der Waals surface area contributed by atoms with Gasteiger partial charge in [0.25, 0.3) is 0 Å². The monoisotopic (exact) mass is 369 g/mol. The Kier molecular flexibility index (Phi) is 5.43. The molecule has 8 heteroatoms. The van der Waals surface area contributed by atoms with Crippen LogP contribution in [-0.2, 0) is 9.59 Å². The Morgan fingerprint density at radius 2 is 2.24 bits per heavy atom. The Hall–Kier alpha value is -1.09. The van der Waals surface area contributed by atoms with Gasteiger partial charge in [-0.3, -0.25) is 4.79 Å². The van der Waals surface area contributed by atoms with Crippen LogP contribution in [0.1, 0.15) is 33.1 Å². The fourth-order valence-corrected chi connectivity index (χ4v) is 5.83. The third-order valence-electron chi connectivity index (χ3n) is 5.54. The van der Waals surface area contributed by atoms with Crippen LogP contribution < -0.4 is 11.1 Å². The Balaban J connectivity index is 1.74. The molecule has 0 aromatic heterocycles. The van der Waals surface area contributed by atoms with Crippen LogP contribution in [0.4, 0.5) is 0 Å². The van der Waals surface area contributed by atoms with Crippen molar-refractivity contribution in [3.8, 4) is 0 Å². The van der Waals surface area contributed by atoms with E-state index in [1.807, 2.05) is 6.92 Å². The number of amides is 1. The number of hydrogen-bond acceptors (Lipinski definition) is 6. The number of fused-ring (bicyclic) bond motifs is 1. The molecule has 0 unspecified atom stereocenters. The second kappa shape index (κ2) is 7.26. The molecular weight excluding hydrogens is 342 g/mol. The quantitative estimate of drug-likeness (QED) is 0.478. The van der Waals surface area contributed by atoms with Gasteiger partial charge in [-0.1, -0.05) is 6.92 Å². The van der Waals surface area contributed by atoms with E-state index in [9.17, 15) is 19.8 Å². The van der Waals surface area contributed by atoms with Gasteiger partial charge in [0, 0.05) is 28.7 Å². The highest BCUT2D eigenvalue weighted by atomic mass is 32.2. The van der Waals surface area contributed by atoms with Crippen molar-refractivity contribution in [1.82, 2.24) is 10.2 Å². The molecule has 0 aromatic rings. The third kappa shape index (κ3) is 3.20. The van der Waals surface area contributed by atoms with Crippen molar-refractivity contribution in [2.24, 2.45) is 17.6 Å². The van der Waals surface area contributed by atoms with Crippen LogP contribution in [0.15, 0.2) is 10.6 Å². The number of carboxylic acids is 1. The minimum Gasteiger partial charge on any atom is -0.477 e. The number of aliphatic hydroxyl groups is 1. The van der Waals surface area contributed by atoms with Crippen molar-refractivity contribution in [2.75, 3.05) is 13.1 Å². The van der Waals surface area contributed by atoms with Gasteiger partial charge in [-0.05, 0) is 32.7 Å². The zero-order valence-corrected chi connectivity index (χ0v) is 15.5. The van der Waals surface area contributed by atoms with E-state index >= 15 is 0 Å². The Bertz CT molecular complexity index is 594. The molecule has 3 aliphatic heterocycles. The molecule has 0 spiro atoms. The van der Waals surface area contributed by atoms with Crippen LogP contribution in [0.3, 0.4) is 0 Å². The van der Waals surface area contributed by atoms with Gasteiger partial charge in [-0.2, -0.15) is 0 Å². The predicted octanol–water partition coefficient (Wildman–Crippen LogP) is 0.343. The van der Waals surface area contributed by atoms with E-state index in [-0.39, 0.29) is 23.6 Å². The smallest absolute Gasteiger partial charge is 0.353 e. The molecule has 2 fully saturated rings. The second-order valence-electron chi connectivity index (χ2n) is 7.28. The lowest BCUT2D eigenvalue weighted by molar-refractivity contribution is -0.163. The molecule has 25 heavy (non-hydrogen) atoms. The molecule has 140 valence electrons. The molecule has 0 radical (unpaired) electrons. The van der Waals surface area contributed by atoms with E-state index in [2.05, 4.69) is 5.32 Å². The molecule has 0 bridgehead atoms. The highest BCUT2D eigenvalue weighted by Gasteiger charge is 2.60. The van der Waals surface area contributed by atoms with Gasteiger partial charge >= 0.3 is 5.97 Å². The number of hydrogen-bond donors (Lipinski definition) is 4. The first-order chi connectivity index (χ1) is 11.9. The fraction of sp³-hybridized carbons (Fsp3) is 0.765. The van der Waals surface area contributed by atoms with Crippen LogP contribution >= 0.6 is 11.8 Å². The summed E-state index contributed by atoms with van der Waals surface area (Å²) in [4.78, 5) is 26.3. The highest BCUT2D eigenvalue weighted by molar-refractivity contribution is 8.03. The van der Waals surface area contributed by atoms with Gasteiger partial charge in [-0.15, -0.1) is 11.8 Å². The molecule has 5 N–H and O–H groups in total. The zero-order valence-electron chi connectivity index (χ0n) is 14.6. The Labute approximate surface area is 152 Å². The summed E-state index contributed by atoms with van der Waals surface area (Å²) in [5, 5.41) is 23.3. The average Bonchev–Trinajstić information content (AvgIpc) is 3.08. The molecule has 0 aliphatic carbocycles. The lowest BCUT2D eigenvalue weighted by Gasteiger charge is -2.46. The van der Waals surface area contributed by atoms with E-state index in [0.717, 1.165) is 30.7 Å². The summed E-state index contributed by atoms with van der Waals surface area (Å²) in [5.74, 6) is -1.89. The molecular formula is C17H27N3O4S. The molecule has 3 heterocycles. The lowest BCUT2D eigenvalue weighted by atomic mass is 9.79. The summed E-state index contributed by atoms with van der Waals surface area (Å²) in [5.41, 5.74) is 5.69. The predicted molar refractivity (Wildman–Crippen MR) is 95.7 cm³/mol. The van der Waals surface area contributed by atoms with Gasteiger partial charge in [-0.25, -0.2) is 4.79 Å².